The maximum absolute atomic E-state index is 3.25. The molecule has 0 saturated heterocycles. The van der Waals surface area contributed by atoms with Crippen LogP contribution in [0.5, 0.6) is 0 Å². The smallest absolute Gasteiger partial charge is 0.0205 e. The van der Waals surface area contributed by atoms with E-state index in [1.54, 1.807) is 0 Å². The molecule has 0 unspecified atom stereocenters. The largest absolute Gasteiger partial charge is 0.316 e. The summed E-state index contributed by atoms with van der Waals surface area (Å²) < 4.78 is 0. The van der Waals surface area contributed by atoms with Gasteiger partial charge in [-0.15, -0.1) is 0 Å². The van der Waals surface area contributed by atoms with Crippen LogP contribution in [0.4, 0.5) is 0 Å². The second-order valence-electron chi connectivity index (χ2n) is 5.33. The van der Waals surface area contributed by atoms with Gasteiger partial charge in [0.25, 0.3) is 0 Å². The van der Waals surface area contributed by atoms with Crippen LogP contribution in [0.3, 0.4) is 0 Å². The maximum atomic E-state index is 3.25. The molecule has 0 bridgehead atoms. The summed E-state index contributed by atoms with van der Waals surface area (Å²) in [7, 11) is 2.00. The van der Waals surface area contributed by atoms with Crippen molar-refractivity contribution in [2.75, 3.05) is 7.05 Å². The van der Waals surface area contributed by atoms with E-state index in [0.29, 0.717) is 5.92 Å². The lowest BCUT2D eigenvalue weighted by Gasteiger charge is -2.15. The molecule has 0 aliphatic carbocycles. The molecule has 1 N–H and O–H groups in total. The van der Waals surface area contributed by atoms with Crippen LogP contribution in [0.15, 0.2) is 48.5 Å². The van der Waals surface area contributed by atoms with E-state index in [0.717, 1.165) is 13.0 Å². The van der Waals surface area contributed by atoms with Crippen LogP contribution in [-0.4, -0.2) is 7.05 Å². The van der Waals surface area contributed by atoms with Crippen molar-refractivity contribution in [2.24, 2.45) is 0 Å². The topological polar surface area (TPSA) is 12.0 Å². The summed E-state index contributed by atoms with van der Waals surface area (Å²) in [5.41, 5.74) is 5.72. The van der Waals surface area contributed by atoms with Gasteiger partial charge in [0.15, 0.2) is 0 Å². The van der Waals surface area contributed by atoms with Crippen molar-refractivity contribution in [3.8, 4) is 0 Å². The lowest BCUT2D eigenvalue weighted by Crippen LogP contribution is -2.08. The Labute approximate surface area is 116 Å². The summed E-state index contributed by atoms with van der Waals surface area (Å²) >= 11 is 0. The molecule has 1 nitrogen and oxygen atoms in total. The predicted octanol–water partition coefficient (Wildman–Crippen LogP) is 4.12. The minimum atomic E-state index is 0.577. The Kier molecular flexibility index (Phi) is 4.75. The molecule has 0 aromatic heterocycles. The first-order chi connectivity index (χ1) is 9.22. The molecule has 0 fully saturated rings. The molecule has 0 spiro atoms. The molecule has 2 rings (SSSR count). The predicted molar refractivity (Wildman–Crippen MR) is 82.5 cm³/mol. The van der Waals surface area contributed by atoms with Gasteiger partial charge in [0.05, 0.1) is 0 Å². The van der Waals surface area contributed by atoms with Gasteiger partial charge in [0, 0.05) is 6.54 Å². The molecule has 0 amide bonds. The van der Waals surface area contributed by atoms with E-state index in [2.05, 4.69) is 67.7 Å². The fourth-order valence-electron chi connectivity index (χ4n) is 2.56. The third-order valence-corrected chi connectivity index (χ3v) is 3.54. The minimum Gasteiger partial charge on any atom is -0.316 e. The second-order valence-corrected chi connectivity index (χ2v) is 5.33. The molecule has 0 aliphatic rings. The molecule has 0 heterocycles. The monoisotopic (exact) mass is 253 g/mol. The van der Waals surface area contributed by atoms with E-state index in [1.165, 1.54) is 22.3 Å². The highest BCUT2D eigenvalue weighted by atomic mass is 14.8. The Bertz CT molecular complexity index is 529. The molecule has 1 heteroatoms. The number of rotatable bonds is 5. The standard InChI is InChI=1S/C18H23N/c1-14(2)18-11-7-6-9-16(18)12-15-8-4-5-10-17(15)13-19-3/h4-11,14,19H,12-13H2,1-3H3. The highest BCUT2D eigenvalue weighted by molar-refractivity contribution is 5.37. The fourth-order valence-corrected chi connectivity index (χ4v) is 2.56. The second kappa shape index (κ2) is 6.53. The molecule has 0 radical (unpaired) electrons. The summed E-state index contributed by atoms with van der Waals surface area (Å²) in [4.78, 5) is 0. The average Bonchev–Trinajstić information content (AvgIpc) is 2.42. The quantitative estimate of drug-likeness (QED) is 0.845. The Morgan fingerprint density at radius 2 is 1.42 bits per heavy atom. The SMILES string of the molecule is CNCc1ccccc1Cc1ccccc1C(C)C. The number of benzene rings is 2. The van der Waals surface area contributed by atoms with E-state index in [4.69, 9.17) is 0 Å². The molecular weight excluding hydrogens is 230 g/mol. The normalized spacial score (nSPS) is 10.9. The molecule has 2 aromatic carbocycles. The van der Waals surface area contributed by atoms with Crippen molar-refractivity contribution in [1.29, 1.82) is 0 Å². The third kappa shape index (κ3) is 3.45. The summed E-state index contributed by atoms with van der Waals surface area (Å²) in [6.07, 6.45) is 1.02. The highest BCUT2D eigenvalue weighted by Gasteiger charge is 2.08. The number of hydrogen-bond donors (Lipinski definition) is 1. The Hall–Kier alpha value is -1.60. The van der Waals surface area contributed by atoms with E-state index in [9.17, 15) is 0 Å². The molecule has 19 heavy (non-hydrogen) atoms. The van der Waals surface area contributed by atoms with Crippen LogP contribution in [-0.2, 0) is 13.0 Å². The molecule has 100 valence electrons. The van der Waals surface area contributed by atoms with Gasteiger partial charge in [-0.3, -0.25) is 0 Å². The summed E-state index contributed by atoms with van der Waals surface area (Å²) in [6, 6.07) is 17.5. The van der Waals surface area contributed by atoms with Crippen LogP contribution < -0.4 is 5.32 Å². The van der Waals surface area contributed by atoms with Crippen molar-refractivity contribution in [3.63, 3.8) is 0 Å². The van der Waals surface area contributed by atoms with Gasteiger partial charge in [-0.2, -0.15) is 0 Å². The highest BCUT2D eigenvalue weighted by Crippen LogP contribution is 2.23. The number of nitrogens with one attached hydrogen (secondary N) is 1. The van der Waals surface area contributed by atoms with E-state index in [-0.39, 0.29) is 0 Å². The molecule has 0 atom stereocenters. The van der Waals surface area contributed by atoms with Crippen LogP contribution in [0.2, 0.25) is 0 Å². The lowest BCUT2D eigenvalue weighted by atomic mass is 9.91. The Morgan fingerprint density at radius 3 is 2.05 bits per heavy atom. The van der Waals surface area contributed by atoms with Crippen LogP contribution in [0.1, 0.15) is 42.0 Å². The van der Waals surface area contributed by atoms with Crippen molar-refractivity contribution in [3.05, 3.63) is 70.8 Å². The summed E-state index contributed by atoms with van der Waals surface area (Å²) in [5, 5.41) is 3.25. The van der Waals surface area contributed by atoms with Crippen LogP contribution in [0.25, 0.3) is 0 Å². The van der Waals surface area contributed by atoms with Gasteiger partial charge in [0.1, 0.15) is 0 Å². The van der Waals surface area contributed by atoms with Gasteiger partial charge in [-0.05, 0) is 41.6 Å². The lowest BCUT2D eigenvalue weighted by molar-refractivity contribution is 0.804. The van der Waals surface area contributed by atoms with E-state index < -0.39 is 0 Å². The molecular formula is C18H23N. The first-order valence-corrected chi connectivity index (χ1v) is 7.01. The van der Waals surface area contributed by atoms with Gasteiger partial charge in [-0.25, -0.2) is 0 Å². The molecule has 0 saturated carbocycles. The van der Waals surface area contributed by atoms with Gasteiger partial charge < -0.3 is 5.32 Å². The maximum Gasteiger partial charge on any atom is 0.0205 e. The first-order valence-electron chi connectivity index (χ1n) is 7.01. The van der Waals surface area contributed by atoms with Gasteiger partial charge >= 0.3 is 0 Å². The first kappa shape index (κ1) is 13.8. The molecule has 2 aromatic rings. The summed E-state index contributed by atoms with van der Waals surface area (Å²) in [5.74, 6) is 0.577. The zero-order valence-electron chi connectivity index (χ0n) is 12.1. The Balaban J connectivity index is 2.31. The number of hydrogen-bond acceptors (Lipinski definition) is 1. The van der Waals surface area contributed by atoms with Gasteiger partial charge in [0.2, 0.25) is 0 Å². The van der Waals surface area contributed by atoms with Gasteiger partial charge in [-0.1, -0.05) is 62.4 Å². The van der Waals surface area contributed by atoms with Crippen molar-refractivity contribution in [1.82, 2.24) is 5.32 Å². The summed E-state index contributed by atoms with van der Waals surface area (Å²) in [6.45, 7) is 5.46. The third-order valence-electron chi connectivity index (χ3n) is 3.54. The van der Waals surface area contributed by atoms with Crippen molar-refractivity contribution < 1.29 is 0 Å². The van der Waals surface area contributed by atoms with Crippen LogP contribution in [0, 0.1) is 0 Å². The zero-order chi connectivity index (χ0) is 13.7. The van der Waals surface area contributed by atoms with Crippen LogP contribution >= 0.6 is 0 Å². The Morgan fingerprint density at radius 1 is 0.842 bits per heavy atom. The fraction of sp³-hybridized carbons (Fsp3) is 0.333. The minimum absolute atomic E-state index is 0.577. The zero-order valence-corrected chi connectivity index (χ0v) is 12.1. The average molecular weight is 253 g/mol. The molecule has 0 aliphatic heterocycles. The van der Waals surface area contributed by atoms with Crippen molar-refractivity contribution >= 4 is 0 Å². The van der Waals surface area contributed by atoms with E-state index >= 15 is 0 Å². The van der Waals surface area contributed by atoms with E-state index in [1.807, 2.05) is 7.05 Å². The van der Waals surface area contributed by atoms with Crippen molar-refractivity contribution in [2.45, 2.75) is 32.7 Å².